The van der Waals surface area contributed by atoms with Crippen LogP contribution in [0.2, 0.25) is 0 Å². The van der Waals surface area contributed by atoms with Gasteiger partial charge < -0.3 is 5.32 Å². The Balaban J connectivity index is 2.14. The number of para-hydroxylation sites is 1. The van der Waals surface area contributed by atoms with Gasteiger partial charge in [0.25, 0.3) is 0 Å². The molecule has 0 saturated heterocycles. The van der Waals surface area contributed by atoms with Gasteiger partial charge in [-0.1, -0.05) is 38.1 Å². The monoisotopic (exact) mass is 271 g/mol. The quantitative estimate of drug-likeness (QED) is 0.343. The van der Waals surface area contributed by atoms with E-state index in [-0.39, 0.29) is 0 Å². The average Bonchev–Trinajstić information content (AvgIpc) is 2.47. The van der Waals surface area contributed by atoms with Crippen molar-refractivity contribution in [2.24, 2.45) is 16.8 Å². The second-order valence-corrected chi connectivity index (χ2v) is 5.08. The summed E-state index contributed by atoms with van der Waals surface area (Å²) in [6.45, 7) is 5.64. The average molecular weight is 271 g/mol. The smallest absolute Gasteiger partial charge is 0.206 e. The second-order valence-electron chi connectivity index (χ2n) is 5.08. The van der Waals surface area contributed by atoms with Crippen molar-refractivity contribution in [3.63, 3.8) is 0 Å². The van der Waals surface area contributed by atoms with Crippen LogP contribution in [-0.2, 0) is 6.54 Å². The van der Waals surface area contributed by atoms with Gasteiger partial charge in [0.1, 0.15) is 0 Å². The maximum Gasteiger partial charge on any atom is 0.206 e. The van der Waals surface area contributed by atoms with Crippen LogP contribution in [0, 0.1) is 5.92 Å². The number of rotatable bonds is 4. The number of pyridine rings is 1. The Morgan fingerprint density at radius 3 is 2.85 bits per heavy atom. The summed E-state index contributed by atoms with van der Waals surface area (Å²) < 4.78 is 0. The summed E-state index contributed by atoms with van der Waals surface area (Å²) in [5.74, 6) is 6.62. The van der Waals surface area contributed by atoms with E-state index in [9.17, 15) is 0 Å². The third kappa shape index (κ3) is 3.68. The van der Waals surface area contributed by atoms with Gasteiger partial charge in [-0.2, -0.15) is 0 Å². The Bertz CT molecular complexity index is 586. The van der Waals surface area contributed by atoms with Crippen molar-refractivity contribution in [3.05, 3.63) is 42.1 Å². The van der Waals surface area contributed by atoms with Crippen LogP contribution in [0.25, 0.3) is 10.9 Å². The number of benzene rings is 1. The summed E-state index contributed by atoms with van der Waals surface area (Å²) in [6, 6.07) is 10.1. The van der Waals surface area contributed by atoms with Gasteiger partial charge in [-0.05, 0) is 17.5 Å². The highest BCUT2D eigenvalue weighted by Crippen LogP contribution is 2.16. The molecular formula is C15H21N5. The number of hydrazine groups is 1. The molecule has 1 heterocycles. The normalized spacial score (nSPS) is 11.9. The molecule has 0 fully saturated rings. The Morgan fingerprint density at radius 2 is 2.10 bits per heavy atom. The van der Waals surface area contributed by atoms with Crippen molar-refractivity contribution in [1.29, 1.82) is 0 Å². The molecule has 0 spiro atoms. The van der Waals surface area contributed by atoms with E-state index in [1.807, 2.05) is 18.2 Å². The number of aromatic nitrogens is 1. The number of aliphatic imine (C=N–C) groups is 1. The largest absolute Gasteiger partial charge is 0.355 e. The summed E-state index contributed by atoms with van der Waals surface area (Å²) in [4.78, 5) is 8.88. The van der Waals surface area contributed by atoms with Gasteiger partial charge >= 0.3 is 0 Å². The zero-order valence-electron chi connectivity index (χ0n) is 11.9. The van der Waals surface area contributed by atoms with E-state index in [0.29, 0.717) is 18.4 Å². The lowest BCUT2D eigenvalue weighted by Gasteiger charge is -2.11. The summed E-state index contributed by atoms with van der Waals surface area (Å²) in [7, 11) is 0. The van der Waals surface area contributed by atoms with E-state index in [1.54, 1.807) is 6.20 Å². The van der Waals surface area contributed by atoms with E-state index in [2.05, 4.69) is 46.7 Å². The van der Waals surface area contributed by atoms with Crippen molar-refractivity contribution in [3.8, 4) is 0 Å². The van der Waals surface area contributed by atoms with Crippen LogP contribution >= 0.6 is 0 Å². The van der Waals surface area contributed by atoms with Gasteiger partial charge in [-0.15, -0.1) is 0 Å². The zero-order valence-corrected chi connectivity index (χ0v) is 11.9. The molecule has 2 aromatic rings. The van der Waals surface area contributed by atoms with Gasteiger partial charge in [0.15, 0.2) is 0 Å². The summed E-state index contributed by atoms with van der Waals surface area (Å²) in [5, 5.41) is 4.30. The van der Waals surface area contributed by atoms with Gasteiger partial charge in [-0.3, -0.25) is 10.4 Å². The van der Waals surface area contributed by atoms with Gasteiger partial charge in [0.05, 0.1) is 12.1 Å². The maximum atomic E-state index is 5.48. The van der Waals surface area contributed by atoms with Gasteiger partial charge in [-0.25, -0.2) is 10.8 Å². The number of nitrogens with zero attached hydrogens (tertiary/aromatic N) is 2. The van der Waals surface area contributed by atoms with Crippen LogP contribution in [0.5, 0.6) is 0 Å². The number of guanidine groups is 1. The highest BCUT2D eigenvalue weighted by atomic mass is 15.3. The standard InChI is InChI=1S/C15H21N5/c1-11(2)9-18-15(20-16)19-10-13-6-3-5-12-7-4-8-17-14(12)13/h3-8,11H,9-10,16H2,1-2H3,(H2,18,19,20). The fraction of sp³-hybridized carbons (Fsp3) is 0.333. The molecule has 0 saturated carbocycles. The third-order valence-electron chi connectivity index (χ3n) is 2.94. The van der Waals surface area contributed by atoms with Gasteiger partial charge in [0, 0.05) is 18.1 Å². The molecule has 20 heavy (non-hydrogen) atoms. The Morgan fingerprint density at radius 1 is 1.30 bits per heavy atom. The predicted octanol–water partition coefficient (Wildman–Crippen LogP) is 1.80. The van der Waals surface area contributed by atoms with E-state index in [1.165, 1.54) is 0 Å². The topological polar surface area (TPSA) is 75.3 Å². The number of nitrogens with two attached hydrogens (primary N) is 1. The minimum atomic E-state index is 0.535. The SMILES string of the molecule is CC(C)CNC(=NCc1cccc2cccnc12)NN. The number of fused-ring (bicyclic) bond motifs is 1. The molecule has 0 aliphatic heterocycles. The molecule has 5 heteroatoms. The van der Waals surface area contributed by atoms with Crippen LogP contribution in [0.3, 0.4) is 0 Å². The number of hydrogen-bond donors (Lipinski definition) is 3. The first-order valence-corrected chi connectivity index (χ1v) is 6.78. The second kappa shape index (κ2) is 6.86. The molecule has 1 aromatic carbocycles. The van der Waals surface area contributed by atoms with Crippen LogP contribution in [-0.4, -0.2) is 17.5 Å². The predicted molar refractivity (Wildman–Crippen MR) is 83.0 cm³/mol. The third-order valence-corrected chi connectivity index (χ3v) is 2.94. The summed E-state index contributed by atoms with van der Waals surface area (Å²) in [5.41, 5.74) is 4.66. The number of hydrogen-bond acceptors (Lipinski definition) is 3. The van der Waals surface area contributed by atoms with Crippen LogP contribution in [0.15, 0.2) is 41.5 Å². The molecule has 5 nitrogen and oxygen atoms in total. The van der Waals surface area contributed by atoms with Crippen molar-refractivity contribution in [1.82, 2.24) is 15.7 Å². The lowest BCUT2D eigenvalue weighted by molar-refractivity contribution is 0.615. The van der Waals surface area contributed by atoms with Crippen molar-refractivity contribution >= 4 is 16.9 Å². The fourth-order valence-corrected chi connectivity index (χ4v) is 1.91. The maximum absolute atomic E-state index is 5.48. The van der Waals surface area contributed by atoms with Crippen LogP contribution in [0.1, 0.15) is 19.4 Å². The van der Waals surface area contributed by atoms with Crippen LogP contribution in [0.4, 0.5) is 0 Å². The minimum Gasteiger partial charge on any atom is -0.355 e. The molecule has 4 N–H and O–H groups in total. The fourth-order valence-electron chi connectivity index (χ4n) is 1.91. The molecule has 0 radical (unpaired) electrons. The summed E-state index contributed by atoms with van der Waals surface area (Å²) >= 11 is 0. The first kappa shape index (κ1) is 14.3. The Kier molecular flexibility index (Phi) is 4.90. The summed E-state index contributed by atoms with van der Waals surface area (Å²) in [6.07, 6.45) is 1.80. The first-order chi connectivity index (χ1) is 9.70. The molecule has 0 aliphatic rings. The van der Waals surface area contributed by atoms with E-state index in [4.69, 9.17) is 5.84 Å². The molecule has 0 aliphatic carbocycles. The highest BCUT2D eigenvalue weighted by Gasteiger charge is 2.02. The van der Waals surface area contributed by atoms with Crippen molar-refractivity contribution in [2.75, 3.05) is 6.54 Å². The van der Waals surface area contributed by atoms with Crippen molar-refractivity contribution < 1.29 is 0 Å². The molecule has 106 valence electrons. The zero-order chi connectivity index (χ0) is 14.4. The Labute approximate surface area is 119 Å². The molecule has 2 rings (SSSR count). The molecule has 1 aromatic heterocycles. The molecule has 0 atom stereocenters. The minimum absolute atomic E-state index is 0.535. The van der Waals surface area contributed by atoms with Crippen molar-refractivity contribution in [2.45, 2.75) is 20.4 Å². The van der Waals surface area contributed by atoms with E-state index >= 15 is 0 Å². The lowest BCUT2D eigenvalue weighted by Crippen LogP contribution is -2.42. The molecular weight excluding hydrogens is 250 g/mol. The van der Waals surface area contributed by atoms with E-state index < -0.39 is 0 Å². The number of nitrogens with one attached hydrogen (secondary N) is 2. The van der Waals surface area contributed by atoms with Crippen LogP contribution < -0.4 is 16.6 Å². The lowest BCUT2D eigenvalue weighted by atomic mass is 10.1. The first-order valence-electron chi connectivity index (χ1n) is 6.78. The van der Waals surface area contributed by atoms with E-state index in [0.717, 1.165) is 23.0 Å². The Hall–Kier alpha value is -2.14. The van der Waals surface area contributed by atoms with Gasteiger partial charge in [0.2, 0.25) is 5.96 Å². The highest BCUT2D eigenvalue weighted by molar-refractivity contribution is 5.82. The molecule has 0 amide bonds. The molecule has 0 unspecified atom stereocenters. The molecule has 0 bridgehead atoms.